The highest BCUT2D eigenvalue weighted by atomic mass is 127. The number of rotatable bonds is 5. The van der Waals surface area contributed by atoms with Crippen LogP contribution in [0.4, 0.5) is 18.9 Å². The van der Waals surface area contributed by atoms with E-state index in [-0.39, 0.29) is 27.9 Å². The Hall–Kier alpha value is -2.28. The second-order valence-electron chi connectivity index (χ2n) is 5.51. The number of thiocarbonyl (C=S) groups is 1. The van der Waals surface area contributed by atoms with Gasteiger partial charge in [-0.3, -0.25) is 10.1 Å². The largest absolute Gasteiger partial charge is 0.493 e. The van der Waals surface area contributed by atoms with E-state index in [4.69, 9.17) is 26.4 Å². The van der Waals surface area contributed by atoms with Crippen molar-refractivity contribution < 1.29 is 32.2 Å². The minimum atomic E-state index is -4.58. The van der Waals surface area contributed by atoms with Crippen molar-refractivity contribution in [1.29, 1.82) is 0 Å². The number of alkyl halides is 3. The van der Waals surface area contributed by atoms with E-state index in [1.54, 1.807) is 22.6 Å². The highest BCUT2D eigenvalue weighted by Crippen LogP contribution is 2.38. The van der Waals surface area contributed by atoms with Crippen LogP contribution in [-0.2, 0) is 6.18 Å². The van der Waals surface area contributed by atoms with E-state index in [1.165, 1.54) is 45.6 Å². The summed E-state index contributed by atoms with van der Waals surface area (Å²) in [5.41, 5.74) is -1.05. The van der Waals surface area contributed by atoms with E-state index in [2.05, 4.69) is 10.6 Å². The van der Waals surface area contributed by atoms with Gasteiger partial charge >= 0.3 is 6.18 Å². The molecule has 1 amide bonds. The summed E-state index contributed by atoms with van der Waals surface area (Å²) < 4.78 is 55.6. The lowest BCUT2D eigenvalue weighted by atomic mass is 10.1. The van der Waals surface area contributed by atoms with Crippen LogP contribution in [0.5, 0.6) is 17.2 Å². The van der Waals surface area contributed by atoms with Crippen LogP contribution >= 0.6 is 34.8 Å². The number of amides is 1. The fourth-order valence-electron chi connectivity index (χ4n) is 2.40. The van der Waals surface area contributed by atoms with Gasteiger partial charge in [-0.15, -0.1) is 0 Å². The first-order chi connectivity index (χ1) is 13.6. The average Bonchev–Trinajstić information content (AvgIpc) is 2.67. The normalized spacial score (nSPS) is 10.9. The van der Waals surface area contributed by atoms with Gasteiger partial charge < -0.3 is 19.5 Å². The molecule has 0 saturated carbocycles. The number of carbonyl (C=O) groups excluding carboxylic acids is 1. The van der Waals surface area contributed by atoms with Gasteiger partial charge in [0.1, 0.15) is 0 Å². The SMILES string of the molecule is COc1cc(C(=O)NC(=S)Nc2ccc(I)cc2C(F)(F)F)cc(OC)c1OC. The van der Waals surface area contributed by atoms with E-state index in [0.29, 0.717) is 9.32 Å². The molecule has 0 aliphatic carbocycles. The molecule has 0 saturated heterocycles. The molecule has 0 unspecified atom stereocenters. The average molecular weight is 540 g/mol. The maximum absolute atomic E-state index is 13.2. The van der Waals surface area contributed by atoms with Crippen molar-refractivity contribution >= 4 is 51.5 Å². The Morgan fingerprint density at radius 3 is 2.10 bits per heavy atom. The highest BCUT2D eigenvalue weighted by molar-refractivity contribution is 14.1. The van der Waals surface area contributed by atoms with Crippen molar-refractivity contribution in [2.75, 3.05) is 26.6 Å². The van der Waals surface area contributed by atoms with Crippen molar-refractivity contribution in [3.05, 3.63) is 45.0 Å². The first-order valence-corrected chi connectivity index (χ1v) is 9.38. The molecule has 0 spiro atoms. The van der Waals surface area contributed by atoms with Gasteiger partial charge in [-0.2, -0.15) is 13.2 Å². The van der Waals surface area contributed by atoms with E-state index in [0.717, 1.165) is 6.07 Å². The molecule has 0 heterocycles. The quantitative estimate of drug-likeness (QED) is 0.432. The summed E-state index contributed by atoms with van der Waals surface area (Å²) in [5, 5.41) is 4.46. The number of nitrogens with one attached hydrogen (secondary N) is 2. The third-order valence-corrected chi connectivity index (χ3v) is 4.56. The summed E-state index contributed by atoms with van der Waals surface area (Å²) in [4.78, 5) is 12.5. The van der Waals surface area contributed by atoms with E-state index in [1.807, 2.05) is 0 Å². The molecule has 0 bridgehead atoms. The van der Waals surface area contributed by atoms with Crippen LogP contribution in [0.1, 0.15) is 15.9 Å². The number of carbonyl (C=O) groups is 1. The van der Waals surface area contributed by atoms with Gasteiger partial charge in [0.25, 0.3) is 5.91 Å². The number of benzene rings is 2. The van der Waals surface area contributed by atoms with Gasteiger partial charge in [0.05, 0.1) is 32.6 Å². The maximum atomic E-state index is 13.2. The lowest BCUT2D eigenvalue weighted by Gasteiger charge is -2.17. The van der Waals surface area contributed by atoms with Crippen molar-refractivity contribution in [3.8, 4) is 17.2 Å². The molecule has 0 atom stereocenters. The smallest absolute Gasteiger partial charge is 0.418 e. The second-order valence-corrected chi connectivity index (χ2v) is 7.16. The lowest BCUT2D eigenvalue weighted by Crippen LogP contribution is -2.34. The Bertz CT molecular complexity index is 913. The first kappa shape index (κ1) is 23.0. The lowest BCUT2D eigenvalue weighted by molar-refractivity contribution is -0.137. The van der Waals surface area contributed by atoms with Crippen LogP contribution in [0, 0.1) is 3.57 Å². The summed E-state index contributed by atoms with van der Waals surface area (Å²) in [6, 6.07) is 6.49. The summed E-state index contributed by atoms with van der Waals surface area (Å²) >= 11 is 6.78. The van der Waals surface area contributed by atoms with Crippen molar-refractivity contribution in [3.63, 3.8) is 0 Å². The molecule has 6 nitrogen and oxygen atoms in total. The number of hydrogen-bond donors (Lipinski definition) is 2. The fraction of sp³-hybridized carbons (Fsp3) is 0.222. The van der Waals surface area contributed by atoms with Gasteiger partial charge in [0.2, 0.25) is 5.75 Å². The van der Waals surface area contributed by atoms with Crippen molar-refractivity contribution in [2.24, 2.45) is 0 Å². The van der Waals surface area contributed by atoms with Gasteiger partial charge in [0.15, 0.2) is 16.6 Å². The molecule has 156 valence electrons. The molecule has 0 aromatic heterocycles. The van der Waals surface area contributed by atoms with E-state index in [9.17, 15) is 18.0 Å². The molecule has 0 fully saturated rings. The van der Waals surface area contributed by atoms with Crippen molar-refractivity contribution in [1.82, 2.24) is 5.32 Å². The molecule has 0 aliphatic heterocycles. The van der Waals surface area contributed by atoms with Crippen LogP contribution in [0.25, 0.3) is 0 Å². The fourth-order valence-corrected chi connectivity index (χ4v) is 3.09. The van der Waals surface area contributed by atoms with Crippen LogP contribution in [0.2, 0.25) is 0 Å². The summed E-state index contributed by atoms with van der Waals surface area (Å²) in [7, 11) is 4.19. The molecule has 0 radical (unpaired) electrons. The third-order valence-electron chi connectivity index (χ3n) is 3.69. The zero-order valence-corrected chi connectivity index (χ0v) is 18.4. The Labute approximate surface area is 183 Å². The van der Waals surface area contributed by atoms with Gasteiger partial charge in [0, 0.05) is 9.13 Å². The first-order valence-electron chi connectivity index (χ1n) is 7.89. The van der Waals surface area contributed by atoms with Gasteiger partial charge in [-0.05, 0) is 65.1 Å². The molecule has 2 rings (SSSR count). The van der Waals surface area contributed by atoms with Crippen LogP contribution in [-0.4, -0.2) is 32.3 Å². The summed E-state index contributed by atoms with van der Waals surface area (Å²) in [6.45, 7) is 0. The minimum Gasteiger partial charge on any atom is -0.493 e. The molecular weight excluding hydrogens is 524 g/mol. The van der Waals surface area contributed by atoms with Crippen molar-refractivity contribution in [2.45, 2.75) is 6.18 Å². The van der Waals surface area contributed by atoms with E-state index >= 15 is 0 Å². The zero-order valence-electron chi connectivity index (χ0n) is 15.4. The topological polar surface area (TPSA) is 68.8 Å². The Balaban J connectivity index is 2.24. The number of halogens is 4. The summed E-state index contributed by atoms with van der Waals surface area (Å²) in [5.74, 6) is 0.113. The minimum absolute atomic E-state index is 0.113. The van der Waals surface area contributed by atoms with Gasteiger partial charge in [-0.25, -0.2) is 0 Å². The Morgan fingerprint density at radius 1 is 1.03 bits per heavy atom. The predicted octanol–water partition coefficient (Wildman–Crippen LogP) is 4.46. The number of methoxy groups -OCH3 is 3. The van der Waals surface area contributed by atoms with E-state index < -0.39 is 17.6 Å². The maximum Gasteiger partial charge on any atom is 0.418 e. The molecular formula is C18H16F3IN2O4S. The van der Waals surface area contributed by atoms with Gasteiger partial charge in [-0.1, -0.05) is 0 Å². The third kappa shape index (κ3) is 5.63. The monoisotopic (exact) mass is 540 g/mol. The predicted molar refractivity (Wildman–Crippen MR) is 114 cm³/mol. The molecule has 2 N–H and O–H groups in total. The van der Waals surface area contributed by atoms with Crippen LogP contribution in [0.3, 0.4) is 0 Å². The summed E-state index contributed by atoms with van der Waals surface area (Å²) in [6.07, 6.45) is -4.58. The molecule has 2 aromatic carbocycles. The number of hydrogen-bond acceptors (Lipinski definition) is 5. The standard InChI is InChI=1S/C18H16F3IN2O4S/c1-26-13-6-9(7-14(27-2)15(13)28-3)16(25)24-17(29)23-12-5-4-10(22)8-11(12)18(19,20)21/h4-8H,1-3H3,(H2,23,24,25,29). The van der Waals surface area contributed by atoms with Crippen LogP contribution in [0.15, 0.2) is 30.3 Å². The second kappa shape index (κ2) is 9.48. The molecule has 0 aliphatic rings. The number of ether oxygens (including phenoxy) is 3. The Morgan fingerprint density at radius 2 is 1.62 bits per heavy atom. The highest BCUT2D eigenvalue weighted by Gasteiger charge is 2.34. The molecule has 29 heavy (non-hydrogen) atoms. The van der Waals surface area contributed by atoms with Crippen LogP contribution < -0.4 is 24.8 Å². The molecule has 2 aromatic rings. The Kier molecular flexibility index (Phi) is 7.52. The zero-order chi connectivity index (χ0) is 21.8. The molecule has 11 heteroatoms. The number of anilines is 1.